The Labute approximate surface area is 406 Å². The Bertz CT molecular complexity index is 2340. The monoisotopic (exact) mass is 940 g/mol. The van der Waals surface area contributed by atoms with Crippen LogP contribution < -0.4 is 9.47 Å². The lowest BCUT2D eigenvalue weighted by molar-refractivity contribution is -0.374. The van der Waals surface area contributed by atoms with Crippen molar-refractivity contribution < 1.29 is 56.8 Å². The van der Waals surface area contributed by atoms with Gasteiger partial charge in [0.1, 0.15) is 54.2 Å². The smallest absolute Gasteiger partial charge is 0.187 e. The molecule has 69 heavy (non-hydrogen) atoms. The predicted molar refractivity (Wildman–Crippen MR) is 259 cm³/mol. The van der Waals surface area contributed by atoms with E-state index in [9.17, 15) is 0 Å². The zero-order valence-electron chi connectivity index (χ0n) is 39.8. The summed E-state index contributed by atoms with van der Waals surface area (Å²) in [6.07, 6.45) is -7.66. The summed E-state index contributed by atoms with van der Waals surface area (Å²) in [4.78, 5) is 0. The third-order valence-corrected chi connectivity index (χ3v) is 12.3. The Morgan fingerprint density at radius 1 is 0.362 bits per heavy atom. The third-order valence-electron chi connectivity index (χ3n) is 12.3. The highest BCUT2D eigenvalue weighted by molar-refractivity contribution is 5.28. The van der Waals surface area contributed by atoms with Crippen LogP contribution in [0.3, 0.4) is 0 Å². The largest absolute Gasteiger partial charge is 0.497 e. The van der Waals surface area contributed by atoms with Crippen LogP contribution in [0.2, 0.25) is 0 Å². The van der Waals surface area contributed by atoms with Crippen LogP contribution in [0, 0.1) is 0 Å². The summed E-state index contributed by atoms with van der Waals surface area (Å²) in [5.41, 5.74) is 5.82. The van der Waals surface area contributed by atoms with E-state index < -0.39 is 61.4 Å². The fourth-order valence-electron chi connectivity index (χ4n) is 8.56. The van der Waals surface area contributed by atoms with E-state index in [2.05, 4.69) is 0 Å². The molecule has 6 aromatic carbocycles. The summed E-state index contributed by atoms with van der Waals surface area (Å²) in [7, 11) is 4.90. The van der Waals surface area contributed by atoms with Gasteiger partial charge < -0.3 is 56.8 Å². The molecular formula is C57H64O12. The van der Waals surface area contributed by atoms with E-state index in [4.69, 9.17) is 56.8 Å². The van der Waals surface area contributed by atoms with Crippen LogP contribution in [0.15, 0.2) is 170 Å². The molecule has 0 bridgehead atoms. The second-order valence-corrected chi connectivity index (χ2v) is 17.1. The van der Waals surface area contributed by atoms with Gasteiger partial charge in [0.05, 0.1) is 66.6 Å². The van der Waals surface area contributed by atoms with Crippen molar-refractivity contribution in [2.45, 2.75) is 108 Å². The minimum atomic E-state index is -1.08. The minimum absolute atomic E-state index is 0.147. The molecule has 0 aliphatic carbocycles. The Morgan fingerprint density at radius 3 is 1.17 bits per heavy atom. The number of hydrogen-bond donors (Lipinski definition) is 0. The van der Waals surface area contributed by atoms with Crippen molar-refractivity contribution in [2.75, 3.05) is 27.9 Å². The van der Waals surface area contributed by atoms with Gasteiger partial charge in [-0.1, -0.05) is 146 Å². The Morgan fingerprint density at radius 2 is 0.739 bits per heavy atom. The standard InChI is InChI=1S/C57H64O12/c1-40-50(62-34-42-19-11-6-12-20-42)53(55(56(60-4)67-40)66-36-44-23-15-8-16-24-44)69-57-54(65-38-46-27-31-48(59-3)32-28-46)52(64-37-45-25-29-47(58-2)30-26-45)51(63-35-43-21-13-7-14-22-43)49(68-57)39-61-33-41-17-9-5-10-18-41/h5-32,40,49-57H,33-39H2,1-4H3/t40-,49+,50-,51-,52-,53+,54+,55-,56+,57+/m0/s1. The van der Waals surface area contributed by atoms with E-state index in [1.54, 1.807) is 21.3 Å². The summed E-state index contributed by atoms with van der Waals surface area (Å²) in [6.45, 7) is 3.70. The number of hydrogen-bond acceptors (Lipinski definition) is 12. The molecule has 0 radical (unpaired) electrons. The van der Waals surface area contributed by atoms with E-state index in [1.807, 2.05) is 177 Å². The molecule has 2 aliphatic rings. The topological polar surface area (TPSA) is 111 Å². The van der Waals surface area contributed by atoms with Gasteiger partial charge >= 0.3 is 0 Å². The van der Waals surface area contributed by atoms with Crippen molar-refractivity contribution in [3.63, 3.8) is 0 Å². The maximum atomic E-state index is 7.41. The molecule has 2 fully saturated rings. The molecule has 8 rings (SSSR count). The van der Waals surface area contributed by atoms with Crippen LogP contribution in [0.4, 0.5) is 0 Å². The number of rotatable bonds is 24. The zero-order valence-corrected chi connectivity index (χ0v) is 39.8. The van der Waals surface area contributed by atoms with Crippen molar-refractivity contribution in [1.82, 2.24) is 0 Å². The van der Waals surface area contributed by atoms with E-state index in [-0.39, 0.29) is 33.0 Å². The predicted octanol–water partition coefficient (Wildman–Crippen LogP) is 9.65. The molecule has 0 aromatic heterocycles. The third kappa shape index (κ3) is 14.1. The van der Waals surface area contributed by atoms with E-state index in [0.717, 1.165) is 44.9 Å². The summed E-state index contributed by atoms with van der Waals surface area (Å²) < 4.78 is 79.3. The SMILES string of the molecule is COc1ccc(CO[C@H]2[C@@H](OCc3ccccc3)[C@@H](COCc3ccccc3)O[C@H](O[C@H]3[C@H](OCc4ccccc4)[C@H](OC)O[C@@H](C)[C@@H]3OCc3ccccc3)[C@@H]2OCc2ccc(OC)cc2)cc1. The lowest BCUT2D eigenvalue weighted by Gasteiger charge is -2.50. The van der Waals surface area contributed by atoms with E-state index >= 15 is 0 Å². The van der Waals surface area contributed by atoms with Gasteiger partial charge in [-0.2, -0.15) is 0 Å². The van der Waals surface area contributed by atoms with Crippen molar-refractivity contribution >= 4 is 0 Å². The lowest BCUT2D eigenvalue weighted by atomic mass is 9.96. The molecule has 0 amide bonds. The molecule has 10 atom stereocenters. The van der Waals surface area contributed by atoms with Gasteiger partial charge in [0.15, 0.2) is 12.6 Å². The van der Waals surface area contributed by atoms with Gasteiger partial charge in [-0.15, -0.1) is 0 Å². The highest BCUT2D eigenvalue weighted by Gasteiger charge is 2.54. The van der Waals surface area contributed by atoms with Gasteiger partial charge in [0.2, 0.25) is 0 Å². The quantitative estimate of drug-likeness (QED) is 0.0577. The van der Waals surface area contributed by atoms with Crippen LogP contribution in [0.5, 0.6) is 11.5 Å². The van der Waals surface area contributed by atoms with Crippen molar-refractivity contribution in [3.05, 3.63) is 203 Å². The molecule has 364 valence electrons. The highest BCUT2D eigenvalue weighted by atomic mass is 16.8. The van der Waals surface area contributed by atoms with Crippen molar-refractivity contribution in [3.8, 4) is 11.5 Å². The molecule has 12 nitrogen and oxygen atoms in total. The summed E-state index contributed by atoms with van der Waals surface area (Å²) in [5, 5.41) is 0. The molecule has 0 unspecified atom stereocenters. The molecule has 12 heteroatoms. The fourth-order valence-corrected chi connectivity index (χ4v) is 8.56. The van der Waals surface area contributed by atoms with Crippen LogP contribution in [0.25, 0.3) is 0 Å². The number of ether oxygens (including phenoxy) is 12. The molecule has 0 saturated carbocycles. The van der Waals surface area contributed by atoms with E-state index in [1.165, 1.54) is 0 Å². The lowest BCUT2D eigenvalue weighted by Crippen LogP contribution is -2.66. The van der Waals surface area contributed by atoms with Crippen LogP contribution in [0.1, 0.15) is 40.3 Å². The molecule has 2 aliphatic heterocycles. The second kappa shape index (κ2) is 25.9. The minimum Gasteiger partial charge on any atom is -0.497 e. The summed E-state index contributed by atoms with van der Waals surface area (Å²) in [5.74, 6) is 1.48. The molecule has 2 heterocycles. The second-order valence-electron chi connectivity index (χ2n) is 17.1. The molecule has 0 N–H and O–H groups in total. The first-order valence-electron chi connectivity index (χ1n) is 23.5. The first-order valence-corrected chi connectivity index (χ1v) is 23.5. The van der Waals surface area contributed by atoms with Crippen LogP contribution >= 0.6 is 0 Å². The van der Waals surface area contributed by atoms with Gasteiger partial charge in [0.25, 0.3) is 0 Å². The van der Waals surface area contributed by atoms with Gasteiger partial charge in [0, 0.05) is 7.11 Å². The van der Waals surface area contributed by atoms with Gasteiger partial charge in [-0.25, -0.2) is 0 Å². The fraction of sp³-hybridized carbons (Fsp3) is 0.368. The number of benzene rings is 6. The van der Waals surface area contributed by atoms with Gasteiger partial charge in [-0.05, 0) is 64.6 Å². The molecule has 2 saturated heterocycles. The Hall–Kier alpha value is -5.48. The number of methoxy groups -OCH3 is 3. The maximum absolute atomic E-state index is 7.41. The summed E-state index contributed by atoms with van der Waals surface area (Å²) in [6, 6.07) is 55.6. The van der Waals surface area contributed by atoms with Crippen molar-refractivity contribution in [1.29, 1.82) is 0 Å². The molecule has 6 aromatic rings. The first kappa shape index (κ1) is 49.9. The highest BCUT2D eigenvalue weighted by Crippen LogP contribution is 2.37. The van der Waals surface area contributed by atoms with Crippen molar-refractivity contribution in [2.24, 2.45) is 0 Å². The average Bonchev–Trinajstić information content (AvgIpc) is 3.40. The molecular weight excluding hydrogens is 877 g/mol. The van der Waals surface area contributed by atoms with Gasteiger partial charge in [-0.3, -0.25) is 0 Å². The Kier molecular flexibility index (Phi) is 18.8. The Balaban J connectivity index is 1.19. The van der Waals surface area contributed by atoms with Crippen LogP contribution in [-0.2, 0) is 87.0 Å². The first-order chi connectivity index (χ1) is 34.0. The maximum Gasteiger partial charge on any atom is 0.187 e. The average molecular weight is 941 g/mol. The van der Waals surface area contributed by atoms with E-state index in [0.29, 0.717) is 13.2 Å². The normalized spacial score (nSPS) is 24.7. The molecule has 0 spiro atoms. The zero-order chi connectivity index (χ0) is 47.6. The summed E-state index contributed by atoms with van der Waals surface area (Å²) >= 11 is 0. The van der Waals surface area contributed by atoms with Crippen LogP contribution in [-0.4, -0.2) is 89.3 Å².